The van der Waals surface area contributed by atoms with Gasteiger partial charge in [0.05, 0.1) is 12.1 Å². The van der Waals surface area contributed by atoms with E-state index in [4.69, 9.17) is 0 Å². The van der Waals surface area contributed by atoms with Gasteiger partial charge in [0, 0.05) is 10.9 Å². The molecule has 1 amide bonds. The average molecular weight is 343 g/mol. The number of amides is 1. The van der Waals surface area contributed by atoms with Crippen LogP contribution in [0.5, 0.6) is 0 Å². The van der Waals surface area contributed by atoms with Crippen molar-refractivity contribution in [2.24, 2.45) is 0 Å². The van der Waals surface area contributed by atoms with E-state index >= 15 is 0 Å². The van der Waals surface area contributed by atoms with Crippen LogP contribution in [0.3, 0.4) is 0 Å². The Morgan fingerprint density at radius 3 is 2.58 bits per heavy atom. The lowest BCUT2D eigenvalue weighted by atomic mass is 10.0. The van der Waals surface area contributed by atoms with Crippen molar-refractivity contribution >= 4 is 17.2 Å². The standard InChI is InChI=1S/C20H26N2OS/c1-3-5-15-7-9-16(10-8-15)19(18-6-4-13-24-18)21-14(2)20(23)22-17-11-12-17/h4,6-10,13-14,17,19,21H,3,5,11-12H2,1-2H3,(H,22,23)/t14-,19-/m0/s1. The Kier molecular flexibility index (Phi) is 5.69. The third kappa shape index (κ3) is 4.46. The summed E-state index contributed by atoms with van der Waals surface area (Å²) in [5.74, 6) is 0.0988. The third-order valence-electron chi connectivity index (χ3n) is 4.41. The van der Waals surface area contributed by atoms with Crippen LogP contribution in [0.15, 0.2) is 41.8 Å². The minimum absolute atomic E-state index is 0.0561. The van der Waals surface area contributed by atoms with Crippen LogP contribution >= 0.6 is 11.3 Å². The summed E-state index contributed by atoms with van der Waals surface area (Å²) in [5, 5.41) is 8.69. The Hall–Kier alpha value is -1.65. The number of carbonyl (C=O) groups is 1. The zero-order valence-corrected chi connectivity index (χ0v) is 15.2. The second-order valence-electron chi connectivity index (χ2n) is 6.61. The van der Waals surface area contributed by atoms with Crippen molar-refractivity contribution in [3.8, 4) is 0 Å². The molecule has 1 aromatic heterocycles. The molecule has 0 spiro atoms. The van der Waals surface area contributed by atoms with E-state index in [0.29, 0.717) is 6.04 Å². The number of hydrogen-bond acceptors (Lipinski definition) is 3. The predicted octanol–water partition coefficient (Wildman–Crippen LogP) is 4.05. The Labute approximate surface area is 148 Å². The zero-order chi connectivity index (χ0) is 16.9. The first-order valence-corrected chi connectivity index (χ1v) is 9.74. The van der Waals surface area contributed by atoms with Crippen molar-refractivity contribution in [3.05, 3.63) is 57.8 Å². The SMILES string of the molecule is CCCc1ccc([C@H](N[C@@H](C)C(=O)NC2CC2)c2cccs2)cc1. The predicted molar refractivity (Wildman–Crippen MR) is 100 cm³/mol. The van der Waals surface area contributed by atoms with Crippen LogP contribution in [-0.2, 0) is 11.2 Å². The highest BCUT2D eigenvalue weighted by Gasteiger charge is 2.27. The molecule has 1 fully saturated rings. The van der Waals surface area contributed by atoms with Crippen LogP contribution in [0.2, 0.25) is 0 Å². The van der Waals surface area contributed by atoms with E-state index in [0.717, 1.165) is 25.7 Å². The Morgan fingerprint density at radius 2 is 2.00 bits per heavy atom. The number of rotatable bonds is 8. The molecule has 1 aliphatic rings. The fourth-order valence-electron chi connectivity index (χ4n) is 2.84. The normalized spacial score (nSPS) is 16.6. The lowest BCUT2D eigenvalue weighted by Gasteiger charge is -2.23. The molecule has 2 atom stereocenters. The molecule has 0 unspecified atom stereocenters. The maximum absolute atomic E-state index is 12.3. The molecule has 0 bridgehead atoms. The minimum Gasteiger partial charge on any atom is -0.352 e. The maximum Gasteiger partial charge on any atom is 0.237 e. The van der Waals surface area contributed by atoms with Crippen molar-refractivity contribution in [2.45, 2.75) is 57.7 Å². The number of carbonyl (C=O) groups excluding carboxylic acids is 1. The van der Waals surface area contributed by atoms with Crippen molar-refractivity contribution in [1.29, 1.82) is 0 Å². The summed E-state index contributed by atoms with van der Waals surface area (Å²) in [6.45, 7) is 4.15. The van der Waals surface area contributed by atoms with Gasteiger partial charge < -0.3 is 5.32 Å². The van der Waals surface area contributed by atoms with Gasteiger partial charge in [-0.3, -0.25) is 10.1 Å². The van der Waals surface area contributed by atoms with Crippen molar-refractivity contribution in [3.63, 3.8) is 0 Å². The molecule has 1 aliphatic carbocycles. The summed E-state index contributed by atoms with van der Waals surface area (Å²) in [5.41, 5.74) is 2.58. The van der Waals surface area contributed by atoms with Gasteiger partial charge in [-0.05, 0) is 48.8 Å². The Balaban J connectivity index is 1.74. The first-order valence-electron chi connectivity index (χ1n) is 8.86. The van der Waals surface area contributed by atoms with Crippen LogP contribution in [-0.4, -0.2) is 18.0 Å². The second kappa shape index (κ2) is 7.95. The van der Waals surface area contributed by atoms with Crippen LogP contribution in [0.25, 0.3) is 0 Å². The summed E-state index contributed by atoms with van der Waals surface area (Å²) in [4.78, 5) is 13.5. The van der Waals surface area contributed by atoms with Crippen molar-refractivity contribution < 1.29 is 4.79 Å². The molecule has 3 nitrogen and oxygen atoms in total. The van der Waals surface area contributed by atoms with Crippen molar-refractivity contribution in [2.75, 3.05) is 0 Å². The van der Waals surface area contributed by atoms with Gasteiger partial charge in [-0.25, -0.2) is 0 Å². The molecule has 2 aromatic rings. The van der Waals surface area contributed by atoms with E-state index in [1.165, 1.54) is 16.0 Å². The molecule has 1 heterocycles. The lowest BCUT2D eigenvalue weighted by molar-refractivity contribution is -0.123. The number of hydrogen-bond donors (Lipinski definition) is 2. The topological polar surface area (TPSA) is 41.1 Å². The van der Waals surface area contributed by atoms with E-state index in [1.807, 2.05) is 6.92 Å². The van der Waals surface area contributed by atoms with Gasteiger partial charge in [0.2, 0.25) is 5.91 Å². The van der Waals surface area contributed by atoms with Gasteiger partial charge in [0.25, 0.3) is 0 Å². The molecule has 2 N–H and O–H groups in total. The molecule has 0 radical (unpaired) electrons. The molecule has 4 heteroatoms. The monoisotopic (exact) mass is 342 g/mol. The van der Waals surface area contributed by atoms with Crippen LogP contribution in [0.4, 0.5) is 0 Å². The highest BCUT2D eigenvalue weighted by molar-refractivity contribution is 7.10. The van der Waals surface area contributed by atoms with E-state index < -0.39 is 0 Å². The van der Waals surface area contributed by atoms with Crippen molar-refractivity contribution in [1.82, 2.24) is 10.6 Å². The molecule has 0 aliphatic heterocycles. The Morgan fingerprint density at radius 1 is 1.25 bits per heavy atom. The number of benzene rings is 1. The molecule has 0 saturated heterocycles. The van der Waals surface area contributed by atoms with E-state index in [1.54, 1.807) is 11.3 Å². The van der Waals surface area contributed by atoms with E-state index in [-0.39, 0.29) is 18.0 Å². The number of nitrogens with one attached hydrogen (secondary N) is 2. The van der Waals surface area contributed by atoms with Gasteiger partial charge in [-0.15, -0.1) is 11.3 Å². The van der Waals surface area contributed by atoms with Crippen LogP contribution in [0.1, 0.15) is 55.2 Å². The summed E-state index contributed by atoms with van der Waals surface area (Å²) >= 11 is 1.73. The summed E-state index contributed by atoms with van der Waals surface area (Å²) in [7, 11) is 0. The first-order chi connectivity index (χ1) is 11.7. The third-order valence-corrected chi connectivity index (χ3v) is 5.35. The van der Waals surface area contributed by atoms with Crippen LogP contribution in [0, 0.1) is 0 Å². The average Bonchev–Trinajstić information content (AvgIpc) is 3.23. The van der Waals surface area contributed by atoms with Gasteiger partial charge in [-0.1, -0.05) is 43.7 Å². The highest BCUT2D eigenvalue weighted by atomic mass is 32.1. The summed E-state index contributed by atoms with van der Waals surface area (Å²) in [6.07, 6.45) is 4.50. The quantitative estimate of drug-likeness (QED) is 0.760. The fourth-order valence-corrected chi connectivity index (χ4v) is 3.65. The lowest BCUT2D eigenvalue weighted by Crippen LogP contribution is -2.44. The van der Waals surface area contributed by atoms with Gasteiger partial charge in [0.1, 0.15) is 0 Å². The van der Waals surface area contributed by atoms with Gasteiger partial charge in [-0.2, -0.15) is 0 Å². The Bertz CT molecular complexity index is 647. The molecule has 128 valence electrons. The molecule has 24 heavy (non-hydrogen) atoms. The maximum atomic E-state index is 12.3. The van der Waals surface area contributed by atoms with Gasteiger partial charge >= 0.3 is 0 Å². The summed E-state index contributed by atoms with van der Waals surface area (Å²) in [6, 6.07) is 13.2. The smallest absolute Gasteiger partial charge is 0.237 e. The van der Waals surface area contributed by atoms with E-state index in [9.17, 15) is 4.79 Å². The molecule has 1 saturated carbocycles. The van der Waals surface area contributed by atoms with E-state index in [2.05, 4.69) is 59.3 Å². The number of thiophene rings is 1. The molecular weight excluding hydrogens is 316 g/mol. The molecule has 3 rings (SSSR count). The minimum atomic E-state index is -0.215. The fraction of sp³-hybridized carbons (Fsp3) is 0.450. The van der Waals surface area contributed by atoms with Crippen LogP contribution < -0.4 is 10.6 Å². The largest absolute Gasteiger partial charge is 0.352 e. The van der Waals surface area contributed by atoms with Gasteiger partial charge in [0.15, 0.2) is 0 Å². The summed E-state index contributed by atoms with van der Waals surface area (Å²) < 4.78 is 0. The second-order valence-corrected chi connectivity index (χ2v) is 7.59. The highest BCUT2D eigenvalue weighted by Crippen LogP contribution is 2.27. The molecular formula is C20H26N2OS. The number of aryl methyl sites for hydroxylation is 1. The molecule has 1 aromatic carbocycles. The zero-order valence-electron chi connectivity index (χ0n) is 14.4. The first kappa shape index (κ1) is 17.2.